The van der Waals surface area contributed by atoms with Crippen molar-refractivity contribution in [3.63, 3.8) is 0 Å². The SMILES string of the molecule is Cc1cccc(NC(=O)C2(C(=O)Nc3ccc(C(F)(F)F)cc3)CC2)c1. The van der Waals surface area contributed by atoms with Crippen LogP contribution in [-0.2, 0) is 15.8 Å². The van der Waals surface area contributed by atoms with Gasteiger partial charge < -0.3 is 10.6 Å². The largest absolute Gasteiger partial charge is 0.416 e. The highest BCUT2D eigenvalue weighted by atomic mass is 19.4. The van der Waals surface area contributed by atoms with Gasteiger partial charge in [-0.15, -0.1) is 0 Å². The number of alkyl halides is 3. The molecule has 2 amide bonds. The van der Waals surface area contributed by atoms with Gasteiger partial charge in [0.15, 0.2) is 0 Å². The predicted octanol–water partition coefficient (Wildman–Crippen LogP) is 4.37. The molecule has 1 saturated carbocycles. The van der Waals surface area contributed by atoms with Crippen LogP contribution in [0.1, 0.15) is 24.0 Å². The minimum Gasteiger partial charge on any atom is -0.325 e. The predicted molar refractivity (Wildman–Crippen MR) is 91.5 cm³/mol. The maximum atomic E-state index is 12.6. The van der Waals surface area contributed by atoms with Crippen molar-refractivity contribution in [2.45, 2.75) is 25.9 Å². The van der Waals surface area contributed by atoms with Crippen molar-refractivity contribution in [2.75, 3.05) is 10.6 Å². The van der Waals surface area contributed by atoms with Gasteiger partial charge in [0.1, 0.15) is 5.41 Å². The van der Waals surface area contributed by atoms with E-state index < -0.39 is 29.0 Å². The van der Waals surface area contributed by atoms with Gasteiger partial charge in [0, 0.05) is 11.4 Å². The minimum absolute atomic E-state index is 0.220. The summed E-state index contributed by atoms with van der Waals surface area (Å²) in [6, 6.07) is 11.3. The third-order valence-corrected chi connectivity index (χ3v) is 4.37. The molecule has 0 radical (unpaired) electrons. The number of amides is 2. The maximum absolute atomic E-state index is 12.6. The van der Waals surface area contributed by atoms with Gasteiger partial charge in [0.05, 0.1) is 5.56 Å². The van der Waals surface area contributed by atoms with Gasteiger partial charge in [-0.05, 0) is 61.7 Å². The van der Waals surface area contributed by atoms with Crippen LogP contribution in [0, 0.1) is 12.3 Å². The van der Waals surface area contributed by atoms with Crippen molar-refractivity contribution in [2.24, 2.45) is 5.41 Å². The van der Waals surface area contributed by atoms with Crippen molar-refractivity contribution < 1.29 is 22.8 Å². The first kappa shape index (κ1) is 18.0. The molecule has 0 atom stereocenters. The number of hydrogen-bond acceptors (Lipinski definition) is 2. The van der Waals surface area contributed by atoms with Gasteiger partial charge in [-0.2, -0.15) is 13.2 Å². The number of aryl methyl sites for hydroxylation is 1. The summed E-state index contributed by atoms with van der Waals surface area (Å²) in [5.41, 5.74) is -0.177. The van der Waals surface area contributed by atoms with Crippen LogP contribution in [0.5, 0.6) is 0 Å². The molecule has 2 aromatic rings. The smallest absolute Gasteiger partial charge is 0.325 e. The second kappa shape index (κ2) is 6.48. The molecule has 1 aliphatic rings. The molecule has 0 heterocycles. The van der Waals surface area contributed by atoms with Gasteiger partial charge in [0.2, 0.25) is 11.8 Å². The molecule has 0 bridgehead atoms. The molecule has 26 heavy (non-hydrogen) atoms. The first-order valence-corrected chi connectivity index (χ1v) is 8.08. The molecule has 4 nitrogen and oxygen atoms in total. The molecular weight excluding hydrogens is 345 g/mol. The highest BCUT2D eigenvalue weighted by molar-refractivity contribution is 6.16. The standard InChI is InChI=1S/C19H17F3N2O2/c1-12-3-2-4-15(11-12)24-17(26)18(9-10-18)16(25)23-14-7-5-13(6-8-14)19(20,21)22/h2-8,11H,9-10H2,1H3,(H,23,25)(H,24,26). The van der Waals surface area contributed by atoms with Crippen LogP contribution < -0.4 is 10.6 Å². The Kier molecular flexibility index (Phi) is 4.48. The number of carbonyl (C=O) groups excluding carboxylic acids is 2. The number of rotatable bonds is 4. The van der Waals surface area contributed by atoms with Crippen LogP contribution in [0.25, 0.3) is 0 Å². The normalized spacial score (nSPS) is 15.2. The van der Waals surface area contributed by atoms with E-state index >= 15 is 0 Å². The third-order valence-electron chi connectivity index (χ3n) is 4.37. The van der Waals surface area contributed by atoms with Crippen LogP contribution in [0.3, 0.4) is 0 Å². The zero-order valence-corrected chi connectivity index (χ0v) is 14.0. The summed E-state index contributed by atoms with van der Waals surface area (Å²) in [6.07, 6.45) is -3.64. The van der Waals surface area contributed by atoms with Crippen LogP contribution >= 0.6 is 0 Å². The molecule has 0 spiro atoms. The molecular formula is C19H17F3N2O2. The zero-order valence-electron chi connectivity index (χ0n) is 14.0. The Morgan fingerprint density at radius 1 is 0.923 bits per heavy atom. The second-order valence-corrected chi connectivity index (χ2v) is 6.43. The molecule has 2 N–H and O–H groups in total. The number of anilines is 2. The monoisotopic (exact) mass is 362 g/mol. The highest BCUT2D eigenvalue weighted by Crippen LogP contribution is 2.47. The highest BCUT2D eigenvalue weighted by Gasteiger charge is 2.56. The van der Waals surface area contributed by atoms with E-state index in [0.717, 1.165) is 17.7 Å². The summed E-state index contributed by atoms with van der Waals surface area (Å²) in [4.78, 5) is 25.0. The van der Waals surface area contributed by atoms with Crippen molar-refractivity contribution in [3.8, 4) is 0 Å². The lowest BCUT2D eigenvalue weighted by atomic mass is 10.0. The van der Waals surface area contributed by atoms with Crippen LogP contribution in [0.4, 0.5) is 24.5 Å². The second-order valence-electron chi connectivity index (χ2n) is 6.43. The topological polar surface area (TPSA) is 58.2 Å². The Hall–Kier alpha value is -2.83. The van der Waals surface area contributed by atoms with Gasteiger partial charge in [-0.3, -0.25) is 9.59 Å². The van der Waals surface area contributed by atoms with E-state index in [1.165, 1.54) is 12.1 Å². The van der Waals surface area contributed by atoms with Crippen molar-refractivity contribution in [1.29, 1.82) is 0 Å². The molecule has 3 rings (SSSR count). The van der Waals surface area contributed by atoms with Crippen LogP contribution in [0.15, 0.2) is 48.5 Å². The summed E-state index contributed by atoms with van der Waals surface area (Å²) in [5, 5.41) is 5.27. The van der Waals surface area contributed by atoms with E-state index in [9.17, 15) is 22.8 Å². The molecule has 1 fully saturated rings. The van der Waals surface area contributed by atoms with Crippen molar-refractivity contribution in [3.05, 3.63) is 59.7 Å². The van der Waals surface area contributed by atoms with E-state index in [4.69, 9.17) is 0 Å². The number of halogens is 3. The maximum Gasteiger partial charge on any atom is 0.416 e. The van der Waals surface area contributed by atoms with Crippen LogP contribution in [-0.4, -0.2) is 11.8 Å². The minimum atomic E-state index is -4.44. The van der Waals surface area contributed by atoms with E-state index in [1.54, 1.807) is 18.2 Å². The average molecular weight is 362 g/mol. The Morgan fingerprint density at radius 2 is 1.50 bits per heavy atom. The van der Waals surface area contributed by atoms with E-state index in [1.807, 2.05) is 13.0 Å². The quantitative estimate of drug-likeness (QED) is 0.794. The van der Waals surface area contributed by atoms with E-state index in [-0.39, 0.29) is 5.69 Å². The summed E-state index contributed by atoms with van der Waals surface area (Å²) in [7, 11) is 0. The van der Waals surface area contributed by atoms with Crippen molar-refractivity contribution >= 4 is 23.2 Å². The molecule has 0 unspecified atom stereocenters. The summed E-state index contributed by atoms with van der Waals surface area (Å²) in [6.45, 7) is 1.89. The fourth-order valence-electron chi connectivity index (χ4n) is 2.65. The Morgan fingerprint density at radius 3 is 2.00 bits per heavy atom. The average Bonchev–Trinajstić information content (AvgIpc) is 3.36. The molecule has 1 aliphatic carbocycles. The number of nitrogens with one attached hydrogen (secondary N) is 2. The first-order valence-electron chi connectivity index (χ1n) is 8.08. The van der Waals surface area contributed by atoms with Crippen molar-refractivity contribution in [1.82, 2.24) is 0 Å². The van der Waals surface area contributed by atoms with Gasteiger partial charge in [-0.1, -0.05) is 12.1 Å². The Bertz CT molecular complexity index is 841. The summed E-state index contributed by atoms with van der Waals surface area (Å²) in [5.74, 6) is -0.921. The molecule has 2 aromatic carbocycles. The van der Waals surface area contributed by atoms with E-state index in [2.05, 4.69) is 10.6 Å². The fraction of sp³-hybridized carbons (Fsp3) is 0.263. The lowest BCUT2D eigenvalue weighted by Gasteiger charge is -2.16. The Balaban J connectivity index is 1.68. The van der Waals surface area contributed by atoms with E-state index in [0.29, 0.717) is 18.5 Å². The third kappa shape index (κ3) is 3.71. The van der Waals surface area contributed by atoms with Gasteiger partial charge in [0.25, 0.3) is 0 Å². The molecule has 7 heteroatoms. The number of hydrogen-bond donors (Lipinski definition) is 2. The molecule has 0 aromatic heterocycles. The molecule has 136 valence electrons. The fourth-order valence-corrected chi connectivity index (χ4v) is 2.65. The summed E-state index contributed by atoms with van der Waals surface area (Å²) >= 11 is 0. The molecule has 0 saturated heterocycles. The number of benzene rings is 2. The van der Waals surface area contributed by atoms with Gasteiger partial charge >= 0.3 is 6.18 Å². The number of carbonyl (C=O) groups is 2. The zero-order chi connectivity index (χ0) is 18.9. The van der Waals surface area contributed by atoms with Gasteiger partial charge in [-0.25, -0.2) is 0 Å². The Labute approximate surface area is 148 Å². The summed E-state index contributed by atoms with van der Waals surface area (Å²) < 4.78 is 37.7. The first-order chi connectivity index (χ1) is 12.2. The van der Waals surface area contributed by atoms with Crippen LogP contribution in [0.2, 0.25) is 0 Å². The lowest BCUT2D eigenvalue weighted by molar-refractivity contribution is -0.137. The molecule has 0 aliphatic heterocycles. The lowest BCUT2D eigenvalue weighted by Crippen LogP contribution is -2.35.